The minimum Gasteiger partial charge on any atom is -0.491 e. The van der Waals surface area contributed by atoms with E-state index in [4.69, 9.17) is 9.47 Å². The lowest BCUT2D eigenvalue weighted by molar-refractivity contribution is -0.275. The highest BCUT2D eigenvalue weighted by Gasteiger charge is 2.43. The SMILES string of the molecule is CCOC(=O)c1ccc(C(=O)NC2(c3ccc(OC(F)(F)F)c(F)c3)CCOc3cccnc32)nc1C. The maximum atomic E-state index is 14.7. The summed E-state index contributed by atoms with van der Waals surface area (Å²) in [5.41, 5.74) is -0.724. The number of benzene rings is 1. The lowest BCUT2D eigenvalue weighted by Gasteiger charge is -2.39. The van der Waals surface area contributed by atoms with E-state index in [-0.39, 0.29) is 47.8 Å². The lowest BCUT2D eigenvalue weighted by Crippen LogP contribution is -2.50. The summed E-state index contributed by atoms with van der Waals surface area (Å²) in [7, 11) is 0. The van der Waals surface area contributed by atoms with Crippen LogP contribution in [0.3, 0.4) is 0 Å². The molecule has 0 saturated carbocycles. The Labute approximate surface area is 208 Å². The van der Waals surface area contributed by atoms with Crippen LogP contribution >= 0.6 is 0 Å². The number of alkyl halides is 3. The molecular weight excluding hydrogens is 498 g/mol. The van der Waals surface area contributed by atoms with Crippen LogP contribution in [0.15, 0.2) is 48.7 Å². The molecule has 37 heavy (non-hydrogen) atoms. The molecule has 0 aliphatic carbocycles. The predicted octanol–water partition coefficient (Wildman–Crippen LogP) is 4.46. The van der Waals surface area contributed by atoms with Gasteiger partial charge in [0.05, 0.1) is 24.5 Å². The minimum absolute atomic E-state index is 0.0496. The first-order chi connectivity index (χ1) is 17.5. The fourth-order valence-corrected chi connectivity index (χ4v) is 4.08. The van der Waals surface area contributed by atoms with Crippen molar-refractivity contribution in [2.24, 2.45) is 0 Å². The molecule has 8 nitrogen and oxygen atoms in total. The van der Waals surface area contributed by atoms with E-state index in [0.29, 0.717) is 5.75 Å². The lowest BCUT2D eigenvalue weighted by atomic mass is 9.81. The fourth-order valence-electron chi connectivity index (χ4n) is 4.08. The van der Waals surface area contributed by atoms with E-state index in [1.165, 1.54) is 24.4 Å². The first-order valence-electron chi connectivity index (χ1n) is 11.2. The van der Waals surface area contributed by atoms with Gasteiger partial charge in [0.2, 0.25) is 0 Å². The summed E-state index contributed by atoms with van der Waals surface area (Å²) in [6.45, 7) is 3.46. The van der Waals surface area contributed by atoms with Gasteiger partial charge in [-0.2, -0.15) is 0 Å². The van der Waals surface area contributed by atoms with Gasteiger partial charge in [0.25, 0.3) is 5.91 Å². The number of ether oxygens (including phenoxy) is 3. The maximum absolute atomic E-state index is 14.7. The van der Waals surface area contributed by atoms with Crippen molar-refractivity contribution in [1.82, 2.24) is 15.3 Å². The van der Waals surface area contributed by atoms with Crippen LogP contribution in [-0.4, -0.2) is 41.4 Å². The number of rotatable bonds is 6. The second-order valence-electron chi connectivity index (χ2n) is 8.05. The molecule has 0 bridgehead atoms. The van der Waals surface area contributed by atoms with Crippen LogP contribution in [0.1, 0.15) is 51.1 Å². The Kier molecular flexibility index (Phi) is 7.01. The van der Waals surface area contributed by atoms with E-state index < -0.39 is 35.3 Å². The van der Waals surface area contributed by atoms with Crippen LogP contribution in [0.5, 0.6) is 11.5 Å². The van der Waals surface area contributed by atoms with E-state index in [2.05, 4.69) is 20.0 Å². The van der Waals surface area contributed by atoms with E-state index >= 15 is 0 Å². The van der Waals surface area contributed by atoms with Gasteiger partial charge >= 0.3 is 12.3 Å². The maximum Gasteiger partial charge on any atom is 0.573 e. The number of fused-ring (bicyclic) bond motifs is 1. The molecule has 1 amide bonds. The van der Waals surface area contributed by atoms with E-state index in [9.17, 15) is 27.2 Å². The molecule has 1 unspecified atom stereocenters. The van der Waals surface area contributed by atoms with E-state index in [1.54, 1.807) is 26.0 Å². The zero-order chi connectivity index (χ0) is 26.8. The number of aromatic nitrogens is 2. The average Bonchev–Trinajstić information content (AvgIpc) is 2.84. The molecule has 0 spiro atoms. The van der Waals surface area contributed by atoms with Gasteiger partial charge in [0, 0.05) is 12.6 Å². The molecule has 1 aliphatic rings. The average molecular weight is 519 g/mol. The normalized spacial score (nSPS) is 16.8. The number of nitrogens with one attached hydrogen (secondary N) is 1. The number of amides is 1. The van der Waals surface area contributed by atoms with Crippen LogP contribution in [0.2, 0.25) is 0 Å². The van der Waals surface area contributed by atoms with Gasteiger partial charge < -0.3 is 19.5 Å². The van der Waals surface area contributed by atoms with Crippen molar-refractivity contribution in [1.29, 1.82) is 0 Å². The van der Waals surface area contributed by atoms with Gasteiger partial charge in [-0.3, -0.25) is 9.78 Å². The second kappa shape index (κ2) is 10.0. The zero-order valence-electron chi connectivity index (χ0n) is 19.7. The topological polar surface area (TPSA) is 99.6 Å². The number of nitrogens with zero attached hydrogens (tertiary/aromatic N) is 2. The molecule has 3 aromatic rings. The third kappa shape index (κ3) is 5.32. The summed E-state index contributed by atoms with van der Waals surface area (Å²) < 4.78 is 67.1. The van der Waals surface area contributed by atoms with Crippen molar-refractivity contribution in [3.05, 3.63) is 82.7 Å². The highest BCUT2D eigenvalue weighted by molar-refractivity contribution is 5.95. The first-order valence-corrected chi connectivity index (χ1v) is 11.2. The Morgan fingerprint density at radius 2 is 1.97 bits per heavy atom. The summed E-state index contributed by atoms with van der Waals surface area (Å²) >= 11 is 0. The number of carbonyl (C=O) groups excluding carboxylic acids is 2. The van der Waals surface area contributed by atoms with Crippen LogP contribution in [0, 0.1) is 12.7 Å². The van der Waals surface area contributed by atoms with Crippen LogP contribution < -0.4 is 14.8 Å². The summed E-state index contributed by atoms with van der Waals surface area (Å²) in [6, 6.07) is 8.86. The summed E-state index contributed by atoms with van der Waals surface area (Å²) in [6.07, 6.45) is -3.55. The number of halogens is 4. The Balaban J connectivity index is 1.75. The number of carbonyl (C=O) groups is 2. The van der Waals surface area contributed by atoms with Crippen LogP contribution in [0.25, 0.3) is 0 Å². The number of aryl methyl sites for hydroxylation is 1. The van der Waals surface area contributed by atoms with Gasteiger partial charge in [-0.05, 0) is 55.8 Å². The third-order valence-electron chi connectivity index (χ3n) is 5.70. The van der Waals surface area contributed by atoms with Crippen molar-refractivity contribution in [2.45, 2.75) is 32.2 Å². The Morgan fingerprint density at radius 3 is 2.65 bits per heavy atom. The zero-order valence-corrected chi connectivity index (χ0v) is 19.7. The summed E-state index contributed by atoms with van der Waals surface area (Å²) in [5, 5.41) is 2.83. The molecule has 4 rings (SSSR count). The number of esters is 1. The van der Waals surface area contributed by atoms with Crippen molar-refractivity contribution < 1.29 is 41.4 Å². The third-order valence-corrected chi connectivity index (χ3v) is 5.70. The number of hydrogen-bond donors (Lipinski definition) is 1. The summed E-state index contributed by atoms with van der Waals surface area (Å²) in [5.74, 6) is -3.26. The quantitative estimate of drug-likeness (QED) is 0.379. The number of pyridine rings is 2. The Bertz CT molecular complexity index is 1350. The van der Waals surface area contributed by atoms with Crippen molar-refractivity contribution in [3.63, 3.8) is 0 Å². The predicted molar refractivity (Wildman–Crippen MR) is 121 cm³/mol. The van der Waals surface area contributed by atoms with Gasteiger partial charge in [0.15, 0.2) is 11.6 Å². The first kappa shape index (κ1) is 25.9. The minimum atomic E-state index is -5.08. The Hall–Kier alpha value is -4.22. The number of hydrogen-bond acceptors (Lipinski definition) is 7. The van der Waals surface area contributed by atoms with E-state index in [1.807, 2.05) is 0 Å². The molecule has 0 fully saturated rings. The van der Waals surface area contributed by atoms with Crippen molar-refractivity contribution in [3.8, 4) is 11.5 Å². The van der Waals surface area contributed by atoms with Gasteiger partial charge in [-0.25, -0.2) is 14.2 Å². The van der Waals surface area contributed by atoms with Crippen LogP contribution in [-0.2, 0) is 10.3 Å². The molecule has 3 heterocycles. The molecule has 0 saturated heterocycles. The molecular formula is C25H21F4N3O5. The molecule has 2 aromatic heterocycles. The standard InChI is InChI=1S/C25H21F4N3O5/c1-3-35-23(34)16-7-8-18(31-14(16)2)22(33)32-24(10-12-36-20-5-4-11-30-21(20)24)15-6-9-19(17(26)13-15)37-25(27,28)29/h4-9,11,13H,3,10,12H2,1-2H3,(H,32,33). The molecule has 1 N–H and O–H groups in total. The van der Waals surface area contributed by atoms with E-state index in [0.717, 1.165) is 12.1 Å². The van der Waals surface area contributed by atoms with Gasteiger partial charge in [-0.1, -0.05) is 6.07 Å². The highest BCUT2D eigenvalue weighted by atomic mass is 19.4. The van der Waals surface area contributed by atoms with Crippen molar-refractivity contribution in [2.75, 3.05) is 13.2 Å². The Morgan fingerprint density at radius 1 is 1.19 bits per heavy atom. The molecule has 12 heteroatoms. The summed E-state index contributed by atoms with van der Waals surface area (Å²) in [4.78, 5) is 34.0. The molecule has 194 valence electrons. The smallest absolute Gasteiger partial charge is 0.491 e. The molecule has 1 aliphatic heterocycles. The second-order valence-corrected chi connectivity index (χ2v) is 8.05. The molecule has 0 radical (unpaired) electrons. The van der Waals surface area contributed by atoms with Crippen molar-refractivity contribution >= 4 is 11.9 Å². The highest BCUT2D eigenvalue weighted by Crippen LogP contribution is 2.42. The monoisotopic (exact) mass is 519 g/mol. The largest absolute Gasteiger partial charge is 0.573 e. The molecule has 1 aromatic carbocycles. The van der Waals surface area contributed by atoms with Gasteiger partial charge in [0.1, 0.15) is 22.7 Å². The van der Waals surface area contributed by atoms with Crippen LogP contribution in [0.4, 0.5) is 17.6 Å². The molecule has 1 atom stereocenters. The van der Waals surface area contributed by atoms with Gasteiger partial charge in [-0.15, -0.1) is 13.2 Å². The fraction of sp³-hybridized carbons (Fsp3) is 0.280.